The molecule has 0 aliphatic heterocycles. The summed E-state index contributed by atoms with van der Waals surface area (Å²) in [7, 11) is -9.32. The van der Waals surface area contributed by atoms with E-state index in [1.165, 1.54) is 56.4 Å². The molecule has 2 N–H and O–H groups in total. The van der Waals surface area contributed by atoms with E-state index in [1.807, 2.05) is 36.4 Å². The number of aromatic hydroxyl groups is 1. The molecule has 4 aromatic carbocycles. The van der Waals surface area contributed by atoms with Crippen LogP contribution in [0, 0.1) is 0 Å². The molecule has 260 valence electrons. The Balaban J connectivity index is 0.000000333. The number of rotatable bonds is 16. The molecule has 0 amide bonds. The average molecular weight is 739 g/mol. The Morgan fingerprint density at radius 2 is 1.08 bits per heavy atom. The van der Waals surface area contributed by atoms with Crippen molar-refractivity contribution >= 4 is 58.0 Å². The molecular weight excluding hydrogens is 697 g/mol. The zero-order valence-corrected chi connectivity index (χ0v) is 31.7. The molecule has 4 rings (SSSR count). The monoisotopic (exact) mass is 738 g/mol. The van der Waals surface area contributed by atoms with Gasteiger partial charge in [-0.15, -0.1) is 0 Å². The van der Waals surface area contributed by atoms with Crippen molar-refractivity contribution in [2.75, 3.05) is 0 Å². The number of phenolic OH excluding ortho intramolecular Hbond substituents is 1. The molecule has 0 bridgehead atoms. The van der Waals surface area contributed by atoms with Gasteiger partial charge in [0.05, 0.1) is 4.90 Å². The fraction of sp³-hybridized carbons (Fsp3) is 0.333. The Bertz CT molecular complexity index is 1710. The molecule has 0 atom stereocenters. The number of phenols is 1. The van der Waals surface area contributed by atoms with Crippen molar-refractivity contribution in [3.63, 3.8) is 0 Å². The van der Waals surface area contributed by atoms with Gasteiger partial charge in [-0.1, -0.05) is 88.8 Å². The number of hydrogen-bond donors (Lipinski definition) is 2. The van der Waals surface area contributed by atoms with Gasteiger partial charge < -0.3 is 24.2 Å². The minimum Gasteiger partial charge on any atom is -0.869 e. The van der Waals surface area contributed by atoms with E-state index in [9.17, 15) is 31.6 Å². The first-order valence-corrected chi connectivity index (χ1v) is 18.8. The fourth-order valence-corrected chi connectivity index (χ4v) is 6.03. The quantitative estimate of drug-likeness (QED) is 0.0657. The van der Waals surface area contributed by atoms with E-state index in [-0.39, 0.29) is 49.2 Å². The third kappa shape index (κ3) is 14.1. The molecule has 0 saturated carbocycles. The van der Waals surface area contributed by atoms with Gasteiger partial charge in [0.1, 0.15) is 32.3 Å². The van der Waals surface area contributed by atoms with Gasteiger partial charge in [0.15, 0.2) is 11.5 Å². The number of ether oxygens (including phenoxy) is 2. The van der Waals surface area contributed by atoms with Gasteiger partial charge >= 0.3 is 37.7 Å². The van der Waals surface area contributed by atoms with Crippen LogP contribution in [-0.2, 0) is 33.1 Å². The Morgan fingerprint density at radius 1 is 0.633 bits per heavy atom. The molecule has 49 heavy (non-hydrogen) atoms. The maximum absolute atomic E-state index is 12.0. The van der Waals surface area contributed by atoms with E-state index in [0.29, 0.717) is 11.5 Å². The van der Waals surface area contributed by atoms with Crippen molar-refractivity contribution in [1.82, 2.24) is 0 Å². The van der Waals surface area contributed by atoms with Gasteiger partial charge in [0.25, 0.3) is 10.1 Å². The normalized spacial score (nSPS) is 11.2. The van der Waals surface area contributed by atoms with Gasteiger partial charge in [0, 0.05) is 0 Å². The summed E-state index contributed by atoms with van der Waals surface area (Å²) >= 11 is 0. The molecule has 0 unspecified atom stereocenters. The van der Waals surface area contributed by atoms with Crippen LogP contribution >= 0.6 is 0 Å². The number of para-hydroxylation sites is 2. The van der Waals surface area contributed by atoms with Crippen LogP contribution in [-0.4, -0.2) is 68.8 Å². The number of benzene rings is 4. The Kier molecular flexibility index (Phi) is 17.9. The molecule has 0 saturated heterocycles. The standard InChI is InChI=1S/2C18H22O5S.Ca/c2*1-2-3-4-5-8-14-9-6-10-15(13-14)23-16-11-7-12-17(18(16)19)24(20,21)22;/h2*6-7,9-13,19H,2-5,8H2,1H3,(H,20,21,22);/q;;+2/p-2. The molecular formula is C36H42CaO10S2. The van der Waals surface area contributed by atoms with Crippen molar-refractivity contribution in [2.45, 2.75) is 87.8 Å². The van der Waals surface area contributed by atoms with E-state index in [1.54, 1.807) is 12.1 Å². The predicted octanol–water partition coefficient (Wildman–Crippen LogP) is 7.75. The van der Waals surface area contributed by atoms with Gasteiger partial charge in [-0.2, -0.15) is 8.42 Å². The number of unbranched alkanes of at least 4 members (excludes halogenated alkanes) is 6. The van der Waals surface area contributed by atoms with E-state index >= 15 is 0 Å². The van der Waals surface area contributed by atoms with Crippen molar-refractivity contribution in [3.05, 3.63) is 96.1 Å². The first-order valence-electron chi connectivity index (χ1n) is 15.9. The van der Waals surface area contributed by atoms with E-state index in [2.05, 4.69) is 13.8 Å². The Hall–Kier alpha value is -2.84. The summed E-state index contributed by atoms with van der Waals surface area (Å²) < 4.78 is 75.9. The van der Waals surface area contributed by atoms with Gasteiger partial charge in [-0.25, -0.2) is 8.42 Å². The molecule has 0 aromatic heterocycles. The van der Waals surface area contributed by atoms with Crippen LogP contribution in [0.2, 0.25) is 0 Å². The third-order valence-electron chi connectivity index (χ3n) is 7.34. The molecule has 0 aliphatic carbocycles. The van der Waals surface area contributed by atoms with Crippen molar-refractivity contribution in [2.24, 2.45) is 0 Å². The second-order valence-electron chi connectivity index (χ2n) is 11.2. The summed E-state index contributed by atoms with van der Waals surface area (Å²) in [4.78, 5) is -1.37. The maximum atomic E-state index is 12.0. The van der Waals surface area contributed by atoms with Crippen LogP contribution in [0.25, 0.3) is 0 Å². The zero-order valence-electron chi connectivity index (χ0n) is 27.8. The smallest absolute Gasteiger partial charge is 0.869 e. The molecule has 0 radical (unpaired) electrons. The van der Waals surface area contributed by atoms with Gasteiger partial charge in [-0.3, -0.25) is 4.55 Å². The van der Waals surface area contributed by atoms with Crippen LogP contribution in [0.1, 0.15) is 76.3 Å². The third-order valence-corrected chi connectivity index (χ3v) is 9.09. The van der Waals surface area contributed by atoms with Crippen LogP contribution in [0.15, 0.2) is 94.7 Å². The summed E-state index contributed by atoms with van der Waals surface area (Å²) in [6.07, 6.45) is 11.1. The predicted molar refractivity (Wildman–Crippen MR) is 186 cm³/mol. The summed E-state index contributed by atoms with van der Waals surface area (Å²) in [5, 5.41) is 22.0. The molecule has 13 heteroatoms. The van der Waals surface area contributed by atoms with E-state index in [4.69, 9.17) is 14.0 Å². The Morgan fingerprint density at radius 3 is 1.55 bits per heavy atom. The van der Waals surface area contributed by atoms with Crippen LogP contribution in [0.4, 0.5) is 0 Å². The van der Waals surface area contributed by atoms with Gasteiger partial charge in [-0.05, 0) is 91.1 Å². The summed E-state index contributed by atoms with van der Waals surface area (Å²) in [6, 6.07) is 22.4. The topological polar surface area (TPSA) is 173 Å². The van der Waals surface area contributed by atoms with Crippen molar-refractivity contribution in [1.29, 1.82) is 0 Å². The first kappa shape index (κ1) is 42.3. The summed E-state index contributed by atoms with van der Waals surface area (Å²) in [5.74, 6) is -0.760. The molecule has 0 heterocycles. The minimum absolute atomic E-state index is 0. The summed E-state index contributed by atoms with van der Waals surface area (Å²) in [5.41, 5.74) is 2.21. The van der Waals surface area contributed by atoms with E-state index in [0.717, 1.165) is 55.4 Å². The molecule has 0 aliphatic rings. The number of aryl methyl sites for hydroxylation is 2. The largest absolute Gasteiger partial charge is 2.00 e. The van der Waals surface area contributed by atoms with Crippen molar-refractivity contribution < 1.29 is 45.6 Å². The average Bonchev–Trinajstić information content (AvgIpc) is 3.03. The number of hydrogen-bond acceptors (Lipinski definition) is 9. The molecule has 4 aromatic rings. The minimum atomic E-state index is -4.82. The molecule has 10 nitrogen and oxygen atoms in total. The van der Waals surface area contributed by atoms with E-state index < -0.39 is 41.5 Å². The van der Waals surface area contributed by atoms with Crippen LogP contribution < -0.4 is 14.6 Å². The second-order valence-corrected chi connectivity index (χ2v) is 14.0. The summed E-state index contributed by atoms with van der Waals surface area (Å²) in [6.45, 7) is 4.33. The van der Waals surface area contributed by atoms with Crippen LogP contribution in [0.3, 0.4) is 0 Å². The maximum Gasteiger partial charge on any atom is 2.00 e. The zero-order chi connectivity index (χ0) is 35.2. The molecule has 0 spiro atoms. The SMILES string of the molecule is CCCCCCc1cccc(Oc2cccc(S(=O)(=O)O)c2O)c1.CCCCCCc1cccc(Oc2cccc(S(=O)(=O)[O-])c2[O-])c1.[Ca+2]. The Labute approximate surface area is 319 Å². The van der Waals surface area contributed by atoms with Gasteiger partial charge in [0.2, 0.25) is 0 Å². The fourth-order valence-electron chi connectivity index (χ4n) is 4.86. The second kappa shape index (κ2) is 20.7. The van der Waals surface area contributed by atoms with Crippen LogP contribution in [0.5, 0.6) is 34.5 Å². The molecule has 0 fully saturated rings. The van der Waals surface area contributed by atoms with Crippen molar-refractivity contribution in [3.8, 4) is 34.5 Å². The first-order chi connectivity index (χ1) is 22.8.